The fourth-order valence-electron chi connectivity index (χ4n) is 10.7. The van der Waals surface area contributed by atoms with Gasteiger partial charge in [-0.3, -0.25) is 4.79 Å². The van der Waals surface area contributed by atoms with Crippen molar-refractivity contribution in [2.75, 3.05) is 6.61 Å². The molecular formula is C69H133NO3. The van der Waals surface area contributed by atoms with E-state index < -0.39 is 12.1 Å². The zero-order valence-electron chi connectivity index (χ0n) is 49.9. The first kappa shape index (κ1) is 71.6. The Morgan fingerprint density at radius 2 is 0.534 bits per heavy atom. The largest absolute Gasteiger partial charge is 0.394 e. The molecule has 4 heteroatoms. The number of aliphatic hydroxyl groups excluding tert-OH is 2. The van der Waals surface area contributed by atoms with Gasteiger partial charge in [0.1, 0.15) is 0 Å². The lowest BCUT2D eigenvalue weighted by Crippen LogP contribution is -2.45. The molecule has 3 N–H and O–H groups in total. The summed E-state index contributed by atoms with van der Waals surface area (Å²) in [7, 11) is 0. The Kier molecular flexibility index (Phi) is 63.7. The standard InChI is InChI=1S/C69H133NO3/c1-3-5-7-9-11-13-15-17-19-21-23-25-27-28-29-30-31-32-33-34-35-36-37-38-39-40-41-42-43-45-47-49-51-53-55-57-59-61-63-65-69(73)70-67(66-71)68(72)64-62-60-58-56-54-52-50-48-46-44-26-24-22-20-18-16-14-12-10-8-6-4-2/h21,23,54,56,62,64,67-68,71-72H,3-20,22,24-53,55,57-61,63,65-66H2,1-2H3,(H,70,73)/b23-21-,56-54+,64-62+. The molecule has 0 aliphatic rings. The van der Waals surface area contributed by atoms with Gasteiger partial charge in [-0.1, -0.05) is 352 Å². The molecule has 0 aromatic heterocycles. The molecule has 432 valence electrons. The number of unbranched alkanes of at least 4 members (excludes halogenated alkanes) is 52. The van der Waals surface area contributed by atoms with Gasteiger partial charge in [-0.05, 0) is 57.8 Å². The van der Waals surface area contributed by atoms with Gasteiger partial charge in [-0.15, -0.1) is 0 Å². The lowest BCUT2D eigenvalue weighted by molar-refractivity contribution is -0.123. The second-order valence-corrected chi connectivity index (χ2v) is 23.2. The number of carbonyl (C=O) groups is 1. The van der Waals surface area contributed by atoms with E-state index in [2.05, 4.69) is 43.5 Å². The van der Waals surface area contributed by atoms with Crippen molar-refractivity contribution in [3.05, 3.63) is 36.5 Å². The molecule has 0 aromatic rings. The summed E-state index contributed by atoms with van der Waals surface area (Å²) in [6, 6.07) is -0.638. The van der Waals surface area contributed by atoms with Crippen LogP contribution in [-0.4, -0.2) is 34.9 Å². The van der Waals surface area contributed by atoms with Crippen molar-refractivity contribution >= 4 is 5.91 Å². The van der Waals surface area contributed by atoms with Crippen LogP contribution in [0.2, 0.25) is 0 Å². The van der Waals surface area contributed by atoms with Crippen molar-refractivity contribution in [3.8, 4) is 0 Å². The van der Waals surface area contributed by atoms with Gasteiger partial charge in [0.15, 0.2) is 0 Å². The second-order valence-electron chi connectivity index (χ2n) is 23.2. The molecular weight excluding hydrogens is 891 g/mol. The zero-order chi connectivity index (χ0) is 52.7. The predicted octanol–water partition coefficient (Wildman–Crippen LogP) is 22.8. The third kappa shape index (κ3) is 61.3. The molecule has 0 saturated heterocycles. The first-order valence-corrected chi connectivity index (χ1v) is 33.7. The average Bonchev–Trinajstić information content (AvgIpc) is 3.40. The molecule has 0 bridgehead atoms. The van der Waals surface area contributed by atoms with Crippen LogP contribution in [0.1, 0.15) is 380 Å². The minimum Gasteiger partial charge on any atom is -0.394 e. The molecule has 73 heavy (non-hydrogen) atoms. The number of amides is 1. The molecule has 0 aliphatic heterocycles. The molecule has 0 heterocycles. The maximum absolute atomic E-state index is 12.5. The molecule has 0 rings (SSSR count). The molecule has 1 amide bonds. The highest BCUT2D eigenvalue weighted by atomic mass is 16.3. The van der Waals surface area contributed by atoms with Crippen molar-refractivity contribution in [2.45, 2.75) is 392 Å². The van der Waals surface area contributed by atoms with Gasteiger partial charge in [0.2, 0.25) is 5.91 Å². The van der Waals surface area contributed by atoms with Crippen LogP contribution in [0.5, 0.6) is 0 Å². The number of nitrogens with one attached hydrogen (secondary N) is 1. The van der Waals surface area contributed by atoms with E-state index in [9.17, 15) is 15.0 Å². The van der Waals surface area contributed by atoms with Crippen molar-refractivity contribution in [3.63, 3.8) is 0 Å². The van der Waals surface area contributed by atoms with Crippen molar-refractivity contribution in [1.82, 2.24) is 5.32 Å². The monoisotopic (exact) mass is 1020 g/mol. The summed E-state index contributed by atoms with van der Waals surface area (Å²) >= 11 is 0. The first-order valence-electron chi connectivity index (χ1n) is 33.7. The first-order chi connectivity index (χ1) is 36.2. The van der Waals surface area contributed by atoms with Gasteiger partial charge in [0.25, 0.3) is 0 Å². The Labute approximate surface area is 459 Å². The Morgan fingerprint density at radius 1 is 0.315 bits per heavy atom. The highest BCUT2D eigenvalue weighted by Crippen LogP contribution is 2.19. The third-order valence-corrected chi connectivity index (χ3v) is 15.8. The van der Waals surface area contributed by atoms with Crippen LogP contribution >= 0.6 is 0 Å². The molecule has 0 spiro atoms. The predicted molar refractivity (Wildman–Crippen MR) is 327 cm³/mol. The topological polar surface area (TPSA) is 69.6 Å². The number of carbonyl (C=O) groups excluding carboxylic acids is 1. The lowest BCUT2D eigenvalue weighted by atomic mass is 10.0. The summed E-state index contributed by atoms with van der Waals surface area (Å²) in [6.07, 6.45) is 89.5. The Bertz CT molecular complexity index is 1110. The number of allylic oxidation sites excluding steroid dienone is 5. The van der Waals surface area contributed by atoms with E-state index in [0.717, 1.165) is 32.1 Å². The highest BCUT2D eigenvalue weighted by molar-refractivity contribution is 5.76. The number of aliphatic hydroxyl groups is 2. The van der Waals surface area contributed by atoms with Crippen molar-refractivity contribution in [2.24, 2.45) is 0 Å². The van der Waals surface area contributed by atoms with Crippen LogP contribution < -0.4 is 5.32 Å². The SMILES string of the molecule is CCCCCCCCCC/C=C\CCCCCCCCCCCCCCCCCCCCCCCCCCCCCC(=O)NC(CO)C(O)/C=C/CC/C=C/CCCCCCCCCCCCCCCCCC. The van der Waals surface area contributed by atoms with E-state index >= 15 is 0 Å². The number of hydrogen-bond acceptors (Lipinski definition) is 3. The molecule has 2 unspecified atom stereocenters. The molecule has 4 nitrogen and oxygen atoms in total. The van der Waals surface area contributed by atoms with Crippen LogP contribution in [0.25, 0.3) is 0 Å². The fourth-order valence-corrected chi connectivity index (χ4v) is 10.7. The van der Waals surface area contributed by atoms with Gasteiger partial charge in [0.05, 0.1) is 18.8 Å². The Hall–Kier alpha value is -1.39. The van der Waals surface area contributed by atoms with E-state index in [1.807, 2.05) is 6.08 Å². The maximum atomic E-state index is 12.5. The van der Waals surface area contributed by atoms with E-state index in [0.29, 0.717) is 6.42 Å². The second kappa shape index (κ2) is 64.9. The van der Waals surface area contributed by atoms with E-state index in [4.69, 9.17) is 0 Å². The van der Waals surface area contributed by atoms with Gasteiger partial charge in [-0.25, -0.2) is 0 Å². The summed E-state index contributed by atoms with van der Waals surface area (Å²) in [5, 5.41) is 23.2. The van der Waals surface area contributed by atoms with Gasteiger partial charge >= 0.3 is 0 Å². The quantitative estimate of drug-likeness (QED) is 0.0420. The molecule has 0 saturated carbocycles. The average molecular weight is 1020 g/mol. The maximum Gasteiger partial charge on any atom is 0.220 e. The van der Waals surface area contributed by atoms with Gasteiger partial charge in [-0.2, -0.15) is 0 Å². The van der Waals surface area contributed by atoms with E-state index in [-0.39, 0.29) is 12.5 Å². The van der Waals surface area contributed by atoms with Crippen LogP contribution in [0.15, 0.2) is 36.5 Å². The Morgan fingerprint density at radius 3 is 0.795 bits per heavy atom. The summed E-state index contributed by atoms with van der Waals surface area (Å²) in [6.45, 7) is 4.34. The van der Waals surface area contributed by atoms with E-state index in [1.165, 1.54) is 327 Å². The fraction of sp³-hybridized carbons (Fsp3) is 0.899. The van der Waals surface area contributed by atoms with Crippen molar-refractivity contribution in [1.29, 1.82) is 0 Å². The Balaban J connectivity index is 3.41. The van der Waals surface area contributed by atoms with Crippen LogP contribution in [0.4, 0.5) is 0 Å². The molecule has 0 aromatic carbocycles. The van der Waals surface area contributed by atoms with Crippen LogP contribution in [0, 0.1) is 0 Å². The van der Waals surface area contributed by atoms with Crippen LogP contribution in [0.3, 0.4) is 0 Å². The number of rotatable bonds is 63. The van der Waals surface area contributed by atoms with Crippen LogP contribution in [-0.2, 0) is 4.79 Å². The molecule has 2 atom stereocenters. The normalized spacial score (nSPS) is 12.9. The summed E-state index contributed by atoms with van der Waals surface area (Å²) in [5.41, 5.74) is 0. The van der Waals surface area contributed by atoms with Gasteiger partial charge < -0.3 is 15.5 Å². The van der Waals surface area contributed by atoms with Crippen molar-refractivity contribution < 1.29 is 15.0 Å². The third-order valence-electron chi connectivity index (χ3n) is 15.8. The molecule has 0 aliphatic carbocycles. The minimum absolute atomic E-state index is 0.0658. The highest BCUT2D eigenvalue weighted by Gasteiger charge is 2.18. The smallest absolute Gasteiger partial charge is 0.220 e. The summed E-state index contributed by atoms with van der Waals surface area (Å²) in [5.74, 6) is -0.0658. The van der Waals surface area contributed by atoms with Gasteiger partial charge in [0, 0.05) is 6.42 Å². The summed E-state index contributed by atoms with van der Waals surface area (Å²) in [4.78, 5) is 12.5. The number of hydrogen-bond donors (Lipinski definition) is 3. The zero-order valence-corrected chi connectivity index (χ0v) is 49.9. The van der Waals surface area contributed by atoms with E-state index in [1.54, 1.807) is 6.08 Å². The lowest BCUT2D eigenvalue weighted by Gasteiger charge is -2.19. The molecule has 0 fully saturated rings. The molecule has 0 radical (unpaired) electrons. The minimum atomic E-state index is -0.861. The summed E-state index contributed by atoms with van der Waals surface area (Å²) < 4.78 is 0.